The van der Waals surface area contributed by atoms with Crippen LogP contribution in [-0.4, -0.2) is 15.6 Å². The lowest BCUT2D eigenvalue weighted by Crippen LogP contribution is -2.01. The van der Waals surface area contributed by atoms with Crippen LogP contribution < -0.4 is 0 Å². The number of aryl methyl sites for hydroxylation is 3. The van der Waals surface area contributed by atoms with Gasteiger partial charge in [0.15, 0.2) is 5.78 Å². The van der Waals surface area contributed by atoms with Crippen LogP contribution >= 0.6 is 0 Å². The maximum Gasteiger partial charge on any atom is 0.163 e. The number of carbonyl (C=O) groups is 1. The number of benzene rings is 1. The number of nitrogens with zero attached hydrogens (tertiary/aromatic N) is 2. The van der Waals surface area contributed by atoms with Crippen molar-refractivity contribution in [3.8, 4) is 5.69 Å². The number of hydrogen-bond donors (Lipinski definition) is 0. The molecule has 1 aromatic heterocycles. The second kappa shape index (κ2) is 4.41. The average Bonchev–Trinajstić information content (AvgIpc) is 2.58. The Morgan fingerprint density at radius 2 is 1.78 bits per heavy atom. The summed E-state index contributed by atoms with van der Waals surface area (Å²) in [5, 5.41) is 4.47. The van der Waals surface area contributed by atoms with Crippen LogP contribution in [0.15, 0.2) is 18.2 Å². The van der Waals surface area contributed by atoms with Gasteiger partial charge in [-0.1, -0.05) is 6.07 Å². The molecule has 94 valence electrons. The summed E-state index contributed by atoms with van der Waals surface area (Å²) < 4.78 is 1.85. The van der Waals surface area contributed by atoms with E-state index in [1.165, 1.54) is 11.1 Å². The highest BCUT2D eigenvalue weighted by Gasteiger charge is 2.16. The van der Waals surface area contributed by atoms with Crippen molar-refractivity contribution in [1.82, 2.24) is 9.78 Å². The van der Waals surface area contributed by atoms with Gasteiger partial charge >= 0.3 is 0 Å². The lowest BCUT2D eigenvalue weighted by molar-refractivity contribution is 0.101. The fourth-order valence-corrected chi connectivity index (χ4v) is 2.26. The van der Waals surface area contributed by atoms with Crippen LogP contribution in [0.5, 0.6) is 0 Å². The minimum atomic E-state index is 0.0695. The number of aromatic nitrogens is 2. The molecule has 0 aliphatic rings. The molecule has 1 aromatic carbocycles. The van der Waals surface area contributed by atoms with Crippen LogP contribution in [0.2, 0.25) is 0 Å². The maximum atomic E-state index is 11.6. The number of Topliss-reactive ketones (excluding diaryl/α,β-unsaturated/α-hetero) is 1. The van der Waals surface area contributed by atoms with Gasteiger partial charge in [-0.05, 0) is 57.9 Å². The Morgan fingerprint density at radius 3 is 2.28 bits per heavy atom. The van der Waals surface area contributed by atoms with Gasteiger partial charge in [-0.3, -0.25) is 4.79 Å². The minimum absolute atomic E-state index is 0.0695. The molecule has 0 radical (unpaired) electrons. The minimum Gasteiger partial charge on any atom is -0.294 e. The molecular formula is C15H18N2O. The second-order valence-electron chi connectivity index (χ2n) is 4.78. The molecule has 0 aliphatic heterocycles. The summed E-state index contributed by atoms with van der Waals surface area (Å²) in [6.45, 7) is 9.56. The SMILES string of the molecule is CC(=O)c1c(C)nn(-c2ccc(C)c(C)c2)c1C. The van der Waals surface area contributed by atoms with E-state index in [0.29, 0.717) is 0 Å². The lowest BCUT2D eigenvalue weighted by atomic mass is 10.1. The zero-order valence-electron chi connectivity index (χ0n) is 11.5. The van der Waals surface area contributed by atoms with Crippen molar-refractivity contribution in [3.63, 3.8) is 0 Å². The van der Waals surface area contributed by atoms with E-state index in [1.54, 1.807) is 6.92 Å². The van der Waals surface area contributed by atoms with Crippen LogP contribution in [0.4, 0.5) is 0 Å². The third-order valence-corrected chi connectivity index (χ3v) is 3.38. The number of hydrogen-bond acceptors (Lipinski definition) is 2. The average molecular weight is 242 g/mol. The summed E-state index contributed by atoms with van der Waals surface area (Å²) in [5.74, 6) is 0.0695. The molecule has 0 N–H and O–H groups in total. The van der Waals surface area contributed by atoms with Gasteiger partial charge in [0.1, 0.15) is 0 Å². The molecule has 3 nitrogen and oxygen atoms in total. The first-order chi connectivity index (χ1) is 8.41. The zero-order chi connectivity index (χ0) is 13.4. The highest BCUT2D eigenvalue weighted by Crippen LogP contribution is 2.20. The monoisotopic (exact) mass is 242 g/mol. The molecule has 0 amide bonds. The van der Waals surface area contributed by atoms with Gasteiger partial charge in [0.2, 0.25) is 0 Å². The van der Waals surface area contributed by atoms with Crippen molar-refractivity contribution in [3.05, 3.63) is 46.3 Å². The molecule has 0 atom stereocenters. The van der Waals surface area contributed by atoms with Crippen molar-refractivity contribution in [1.29, 1.82) is 0 Å². The molecule has 0 aliphatic carbocycles. The van der Waals surface area contributed by atoms with Crippen molar-refractivity contribution in [2.75, 3.05) is 0 Å². The molecule has 18 heavy (non-hydrogen) atoms. The van der Waals surface area contributed by atoms with Crippen LogP contribution in [0.1, 0.15) is 39.8 Å². The first kappa shape index (κ1) is 12.6. The van der Waals surface area contributed by atoms with Gasteiger partial charge < -0.3 is 0 Å². The summed E-state index contributed by atoms with van der Waals surface area (Å²) in [6, 6.07) is 6.21. The van der Waals surface area contributed by atoms with E-state index in [1.807, 2.05) is 24.6 Å². The van der Waals surface area contributed by atoms with E-state index in [9.17, 15) is 4.79 Å². The van der Waals surface area contributed by atoms with Crippen molar-refractivity contribution < 1.29 is 4.79 Å². The van der Waals surface area contributed by atoms with E-state index in [-0.39, 0.29) is 5.78 Å². The van der Waals surface area contributed by atoms with Gasteiger partial charge in [-0.2, -0.15) is 5.10 Å². The molecule has 0 bridgehead atoms. The smallest absolute Gasteiger partial charge is 0.163 e. The molecule has 0 saturated heterocycles. The van der Waals surface area contributed by atoms with E-state index in [2.05, 4.69) is 31.1 Å². The van der Waals surface area contributed by atoms with E-state index in [4.69, 9.17) is 0 Å². The summed E-state index contributed by atoms with van der Waals surface area (Å²) in [5.41, 5.74) is 5.91. The molecule has 2 rings (SSSR count). The second-order valence-corrected chi connectivity index (χ2v) is 4.78. The quantitative estimate of drug-likeness (QED) is 0.757. The third kappa shape index (κ3) is 1.96. The standard InChI is InChI=1S/C15H18N2O/c1-9-6-7-14(8-10(9)2)17-12(4)15(13(5)18)11(3)16-17/h6-8H,1-5H3. The number of ketones is 1. The number of carbonyl (C=O) groups excluding carboxylic acids is 1. The van der Waals surface area contributed by atoms with E-state index < -0.39 is 0 Å². The molecule has 2 aromatic rings. The van der Waals surface area contributed by atoms with E-state index in [0.717, 1.165) is 22.6 Å². The van der Waals surface area contributed by atoms with Gasteiger partial charge in [-0.15, -0.1) is 0 Å². The van der Waals surface area contributed by atoms with Crippen LogP contribution in [-0.2, 0) is 0 Å². The van der Waals surface area contributed by atoms with Crippen molar-refractivity contribution in [2.45, 2.75) is 34.6 Å². The predicted molar refractivity (Wildman–Crippen MR) is 72.5 cm³/mol. The fourth-order valence-electron chi connectivity index (χ4n) is 2.26. The normalized spacial score (nSPS) is 10.7. The summed E-state index contributed by atoms with van der Waals surface area (Å²) >= 11 is 0. The first-order valence-electron chi connectivity index (χ1n) is 6.06. The Bertz CT molecular complexity index is 624. The summed E-state index contributed by atoms with van der Waals surface area (Å²) in [7, 11) is 0. The van der Waals surface area contributed by atoms with Gasteiger partial charge in [-0.25, -0.2) is 4.68 Å². The van der Waals surface area contributed by atoms with Crippen LogP contribution in [0.25, 0.3) is 5.69 Å². The largest absolute Gasteiger partial charge is 0.294 e. The van der Waals surface area contributed by atoms with Crippen LogP contribution in [0, 0.1) is 27.7 Å². The Morgan fingerprint density at radius 1 is 1.11 bits per heavy atom. The Labute approximate surface area is 107 Å². The summed E-state index contributed by atoms with van der Waals surface area (Å²) in [4.78, 5) is 11.6. The molecule has 0 saturated carbocycles. The lowest BCUT2D eigenvalue weighted by Gasteiger charge is -2.07. The summed E-state index contributed by atoms with van der Waals surface area (Å²) in [6.07, 6.45) is 0. The fraction of sp³-hybridized carbons (Fsp3) is 0.333. The van der Waals surface area contributed by atoms with Crippen molar-refractivity contribution >= 4 is 5.78 Å². The molecule has 0 unspecified atom stereocenters. The van der Waals surface area contributed by atoms with E-state index >= 15 is 0 Å². The Hall–Kier alpha value is -1.90. The van der Waals surface area contributed by atoms with Crippen molar-refractivity contribution in [2.24, 2.45) is 0 Å². The first-order valence-corrected chi connectivity index (χ1v) is 6.06. The zero-order valence-corrected chi connectivity index (χ0v) is 11.5. The Kier molecular flexibility index (Phi) is 3.07. The molecule has 3 heteroatoms. The molecule has 1 heterocycles. The van der Waals surface area contributed by atoms with Gasteiger partial charge in [0.25, 0.3) is 0 Å². The molecule has 0 spiro atoms. The van der Waals surface area contributed by atoms with Gasteiger partial charge in [0.05, 0.1) is 22.6 Å². The Balaban J connectivity index is 2.61. The van der Waals surface area contributed by atoms with Crippen LogP contribution in [0.3, 0.4) is 0 Å². The predicted octanol–water partition coefficient (Wildman–Crippen LogP) is 3.31. The molecular weight excluding hydrogens is 224 g/mol. The third-order valence-electron chi connectivity index (χ3n) is 3.38. The van der Waals surface area contributed by atoms with Gasteiger partial charge in [0, 0.05) is 0 Å². The number of rotatable bonds is 2. The highest BCUT2D eigenvalue weighted by atomic mass is 16.1. The molecule has 0 fully saturated rings. The highest BCUT2D eigenvalue weighted by molar-refractivity contribution is 5.96. The topological polar surface area (TPSA) is 34.9 Å². The maximum absolute atomic E-state index is 11.6.